The second-order valence-corrected chi connectivity index (χ2v) is 5.71. The summed E-state index contributed by atoms with van der Waals surface area (Å²) in [6.45, 7) is 11.9. The minimum Gasteiger partial charge on any atom is -0.298 e. The maximum absolute atomic E-state index is 2.60. The smallest absolute Gasteiger partial charge is 0.0445 e. The van der Waals surface area contributed by atoms with E-state index < -0.39 is 0 Å². The Morgan fingerprint density at radius 1 is 1.13 bits per heavy atom. The van der Waals surface area contributed by atoms with Gasteiger partial charge in [-0.3, -0.25) is 9.80 Å². The van der Waals surface area contributed by atoms with E-state index in [0.29, 0.717) is 0 Å². The van der Waals surface area contributed by atoms with Crippen molar-refractivity contribution in [2.45, 2.75) is 39.7 Å². The molecule has 2 nitrogen and oxygen atoms in total. The van der Waals surface area contributed by atoms with Crippen molar-refractivity contribution in [3.8, 4) is 0 Å². The molecule has 0 N–H and O–H groups in total. The van der Waals surface area contributed by atoms with Gasteiger partial charge in [-0.05, 0) is 26.0 Å². The van der Waals surface area contributed by atoms with Crippen LogP contribution < -0.4 is 0 Å². The van der Waals surface area contributed by atoms with Gasteiger partial charge in [0.2, 0.25) is 0 Å². The zero-order valence-electron chi connectivity index (χ0n) is 10.5. The molecule has 1 aliphatic rings. The lowest BCUT2D eigenvalue weighted by Gasteiger charge is -2.36. The Kier molecular flexibility index (Phi) is 6.69. The van der Waals surface area contributed by atoms with Gasteiger partial charge in [0.25, 0.3) is 0 Å². The SMILES string of the molecule is CCCCSCN1CCN(C(C)C)CC1. The van der Waals surface area contributed by atoms with E-state index in [4.69, 9.17) is 0 Å². The molecule has 0 radical (unpaired) electrons. The zero-order chi connectivity index (χ0) is 11.1. The van der Waals surface area contributed by atoms with Crippen molar-refractivity contribution in [1.82, 2.24) is 9.80 Å². The predicted molar refractivity (Wildman–Crippen MR) is 70.5 cm³/mol. The molecule has 0 aromatic rings. The van der Waals surface area contributed by atoms with Crippen LogP contribution in [0.25, 0.3) is 0 Å². The van der Waals surface area contributed by atoms with Crippen molar-refractivity contribution in [2.24, 2.45) is 0 Å². The van der Waals surface area contributed by atoms with Crippen molar-refractivity contribution in [1.29, 1.82) is 0 Å². The first-order chi connectivity index (χ1) is 7.24. The van der Waals surface area contributed by atoms with Crippen LogP contribution in [0.2, 0.25) is 0 Å². The van der Waals surface area contributed by atoms with E-state index in [0.717, 1.165) is 6.04 Å². The molecule has 0 aromatic carbocycles. The molecule has 1 aliphatic heterocycles. The van der Waals surface area contributed by atoms with Crippen LogP contribution in [-0.2, 0) is 0 Å². The van der Waals surface area contributed by atoms with Crippen LogP contribution in [0.3, 0.4) is 0 Å². The van der Waals surface area contributed by atoms with Crippen molar-refractivity contribution in [2.75, 3.05) is 37.8 Å². The Hall–Kier alpha value is 0.270. The molecule has 0 saturated carbocycles. The summed E-state index contributed by atoms with van der Waals surface area (Å²) in [7, 11) is 0. The van der Waals surface area contributed by atoms with Crippen molar-refractivity contribution >= 4 is 11.8 Å². The Bertz CT molecular complexity index is 154. The number of piperazine rings is 1. The molecule has 0 aliphatic carbocycles. The van der Waals surface area contributed by atoms with Gasteiger partial charge in [-0.1, -0.05) is 13.3 Å². The normalized spacial score (nSPS) is 20.0. The molecule has 1 saturated heterocycles. The van der Waals surface area contributed by atoms with E-state index in [1.165, 1.54) is 50.7 Å². The zero-order valence-corrected chi connectivity index (χ0v) is 11.4. The highest BCUT2D eigenvalue weighted by Gasteiger charge is 2.17. The summed E-state index contributed by atoms with van der Waals surface area (Å²) in [6, 6.07) is 0.722. The van der Waals surface area contributed by atoms with Crippen LogP contribution in [0, 0.1) is 0 Å². The highest BCUT2D eigenvalue weighted by atomic mass is 32.2. The first-order valence-corrected chi connectivity index (χ1v) is 7.43. The van der Waals surface area contributed by atoms with Gasteiger partial charge in [-0.15, -0.1) is 11.8 Å². The Morgan fingerprint density at radius 2 is 1.80 bits per heavy atom. The van der Waals surface area contributed by atoms with Crippen LogP contribution in [0.5, 0.6) is 0 Å². The highest BCUT2D eigenvalue weighted by Crippen LogP contribution is 2.11. The Labute approximate surface area is 99.4 Å². The molecular formula is C12H26N2S. The van der Waals surface area contributed by atoms with E-state index in [1.54, 1.807) is 0 Å². The van der Waals surface area contributed by atoms with E-state index >= 15 is 0 Å². The van der Waals surface area contributed by atoms with Crippen LogP contribution in [0.1, 0.15) is 33.6 Å². The number of unbranched alkanes of at least 4 members (excludes halogenated alkanes) is 1. The molecule has 0 atom stereocenters. The number of thioether (sulfide) groups is 1. The molecule has 3 heteroatoms. The molecule has 0 spiro atoms. The Morgan fingerprint density at radius 3 is 2.33 bits per heavy atom. The maximum atomic E-state index is 2.60. The first kappa shape index (κ1) is 13.3. The Balaban J connectivity index is 2.04. The fourth-order valence-corrected chi connectivity index (χ4v) is 2.99. The summed E-state index contributed by atoms with van der Waals surface area (Å²) in [5.41, 5.74) is 0. The van der Waals surface area contributed by atoms with Crippen LogP contribution in [-0.4, -0.2) is 53.7 Å². The molecule has 90 valence electrons. The van der Waals surface area contributed by atoms with E-state index in [-0.39, 0.29) is 0 Å². The summed E-state index contributed by atoms with van der Waals surface area (Å²) < 4.78 is 0. The fourth-order valence-electron chi connectivity index (χ4n) is 1.85. The van der Waals surface area contributed by atoms with Crippen molar-refractivity contribution in [3.63, 3.8) is 0 Å². The second kappa shape index (κ2) is 7.53. The summed E-state index contributed by atoms with van der Waals surface area (Å²) in [6.07, 6.45) is 2.70. The van der Waals surface area contributed by atoms with Crippen LogP contribution >= 0.6 is 11.8 Å². The highest BCUT2D eigenvalue weighted by molar-refractivity contribution is 7.99. The van der Waals surface area contributed by atoms with Gasteiger partial charge in [0.1, 0.15) is 0 Å². The number of rotatable bonds is 6. The summed E-state index contributed by atoms with van der Waals surface area (Å²) in [4.78, 5) is 5.17. The van der Waals surface area contributed by atoms with Crippen molar-refractivity contribution < 1.29 is 0 Å². The molecule has 0 unspecified atom stereocenters. The van der Waals surface area contributed by atoms with Crippen LogP contribution in [0.15, 0.2) is 0 Å². The lowest BCUT2D eigenvalue weighted by Crippen LogP contribution is -2.48. The van der Waals surface area contributed by atoms with Gasteiger partial charge in [-0.25, -0.2) is 0 Å². The average Bonchev–Trinajstić information content (AvgIpc) is 2.25. The van der Waals surface area contributed by atoms with Gasteiger partial charge in [0, 0.05) is 38.1 Å². The van der Waals surface area contributed by atoms with E-state index in [1.807, 2.05) is 0 Å². The van der Waals surface area contributed by atoms with Crippen molar-refractivity contribution in [3.05, 3.63) is 0 Å². The minimum absolute atomic E-state index is 0.722. The summed E-state index contributed by atoms with van der Waals surface area (Å²) >= 11 is 2.10. The van der Waals surface area contributed by atoms with E-state index in [2.05, 4.69) is 42.3 Å². The second-order valence-electron chi connectivity index (χ2n) is 4.64. The predicted octanol–water partition coefficient (Wildman–Crippen LogP) is 2.50. The monoisotopic (exact) mass is 230 g/mol. The largest absolute Gasteiger partial charge is 0.298 e. The molecule has 0 amide bonds. The number of hydrogen-bond donors (Lipinski definition) is 0. The summed E-state index contributed by atoms with van der Waals surface area (Å²) in [5.74, 6) is 2.58. The van der Waals surface area contributed by atoms with E-state index in [9.17, 15) is 0 Å². The quantitative estimate of drug-likeness (QED) is 0.647. The van der Waals surface area contributed by atoms with Gasteiger partial charge in [0.05, 0.1) is 0 Å². The third-order valence-electron chi connectivity index (χ3n) is 3.05. The third kappa shape index (κ3) is 5.23. The minimum atomic E-state index is 0.722. The molecule has 1 heterocycles. The summed E-state index contributed by atoms with van der Waals surface area (Å²) in [5, 5.41) is 0. The fraction of sp³-hybridized carbons (Fsp3) is 1.00. The molecular weight excluding hydrogens is 204 g/mol. The lowest BCUT2D eigenvalue weighted by molar-refractivity contribution is 0.122. The van der Waals surface area contributed by atoms with Crippen LogP contribution in [0.4, 0.5) is 0 Å². The van der Waals surface area contributed by atoms with Gasteiger partial charge in [0.15, 0.2) is 0 Å². The lowest BCUT2D eigenvalue weighted by atomic mass is 10.2. The van der Waals surface area contributed by atoms with Gasteiger partial charge >= 0.3 is 0 Å². The number of nitrogens with zero attached hydrogens (tertiary/aromatic N) is 2. The molecule has 15 heavy (non-hydrogen) atoms. The number of hydrogen-bond acceptors (Lipinski definition) is 3. The average molecular weight is 230 g/mol. The standard InChI is InChI=1S/C12H26N2S/c1-4-5-10-15-11-13-6-8-14(9-7-13)12(2)3/h12H,4-11H2,1-3H3. The van der Waals surface area contributed by atoms with Gasteiger partial charge < -0.3 is 0 Å². The topological polar surface area (TPSA) is 6.48 Å². The van der Waals surface area contributed by atoms with Gasteiger partial charge in [-0.2, -0.15) is 0 Å². The molecule has 0 aromatic heterocycles. The molecule has 1 fully saturated rings. The third-order valence-corrected chi connectivity index (χ3v) is 4.18. The first-order valence-electron chi connectivity index (χ1n) is 6.28. The molecule has 1 rings (SSSR count). The maximum Gasteiger partial charge on any atom is 0.0445 e. The molecule has 0 bridgehead atoms.